The molecule has 7 nitrogen and oxygen atoms in total. The summed E-state index contributed by atoms with van der Waals surface area (Å²) < 4.78 is 11.5. The van der Waals surface area contributed by atoms with Gasteiger partial charge in [0.1, 0.15) is 5.75 Å². The van der Waals surface area contributed by atoms with Gasteiger partial charge in [-0.1, -0.05) is 6.07 Å². The van der Waals surface area contributed by atoms with Crippen molar-refractivity contribution in [2.24, 2.45) is 5.41 Å². The number of H-pyrrole nitrogens is 1. The number of carbonyl (C=O) groups is 1. The molecule has 1 aromatic heterocycles. The first-order chi connectivity index (χ1) is 16.4. The Bertz CT molecular complexity index is 1210. The number of nitrogens with zero attached hydrogens (tertiary/aromatic N) is 1. The van der Waals surface area contributed by atoms with Gasteiger partial charge in [0.2, 0.25) is 0 Å². The number of aromatic carboxylic acids is 1. The summed E-state index contributed by atoms with van der Waals surface area (Å²) >= 11 is 0. The van der Waals surface area contributed by atoms with Crippen LogP contribution in [0.15, 0.2) is 36.5 Å². The van der Waals surface area contributed by atoms with E-state index >= 15 is 0 Å². The number of fused-ring (bicyclic) bond motifs is 1. The first-order valence-electron chi connectivity index (χ1n) is 12.0. The van der Waals surface area contributed by atoms with Gasteiger partial charge in [0, 0.05) is 52.9 Å². The van der Waals surface area contributed by atoms with Gasteiger partial charge in [-0.15, -0.1) is 0 Å². The number of carboxylic acid groups (broad SMARTS) is 1. The van der Waals surface area contributed by atoms with Crippen LogP contribution in [-0.2, 0) is 11.3 Å². The summed E-state index contributed by atoms with van der Waals surface area (Å²) in [6.07, 6.45) is 4.07. The number of ether oxygens (including phenoxy) is 2. The third kappa shape index (κ3) is 3.93. The Hall–Kier alpha value is -3.03. The SMILES string of the molecule is CCNc1cc(C(=O)O)ccc1C1CC2(CCN1Cc1c(OC)cc(C)c3[nH]ccc13)COC2. The van der Waals surface area contributed by atoms with Gasteiger partial charge in [0.15, 0.2) is 0 Å². The highest BCUT2D eigenvalue weighted by atomic mass is 16.5. The fraction of sp³-hybridized carbons (Fsp3) is 0.444. The fourth-order valence-corrected chi connectivity index (χ4v) is 5.63. The maximum atomic E-state index is 11.6. The smallest absolute Gasteiger partial charge is 0.335 e. The number of methoxy groups -OCH3 is 1. The molecular weight excluding hydrogens is 430 g/mol. The van der Waals surface area contributed by atoms with E-state index in [1.165, 1.54) is 16.5 Å². The summed E-state index contributed by atoms with van der Waals surface area (Å²) in [7, 11) is 1.74. The van der Waals surface area contributed by atoms with Crippen molar-refractivity contribution in [1.29, 1.82) is 0 Å². The fourth-order valence-electron chi connectivity index (χ4n) is 5.63. The average molecular weight is 464 g/mol. The minimum atomic E-state index is -0.908. The zero-order valence-corrected chi connectivity index (χ0v) is 20.1. The highest BCUT2D eigenvalue weighted by Crippen LogP contribution is 2.49. The molecule has 2 aromatic carbocycles. The van der Waals surface area contributed by atoms with Gasteiger partial charge in [0.25, 0.3) is 0 Å². The molecule has 3 heterocycles. The molecule has 180 valence electrons. The van der Waals surface area contributed by atoms with Crippen molar-refractivity contribution in [3.8, 4) is 5.75 Å². The number of hydrogen-bond acceptors (Lipinski definition) is 5. The second-order valence-corrected chi connectivity index (χ2v) is 9.71. The number of nitrogens with one attached hydrogen (secondary N) is 2. The second kappa shape index (κ2) is 8.96. The molecular formula is C27H33N3O4. The molecule has 3 aromatic rings. The zero-order valence-electron chi connectivity index (χ0n) is 20.1. The van der Waals surface area contributed by atoms with Crippen LogP contribution in [0.3, 0.4) is 0 Å². The van der Waals surface area contributed by atoms with Crippen molar-refractivity contribution in [3.05, 3.63) is 58.8 Å². The van der Waals surface area contributed by atoms with Gasteiger partial charge in [0.05, 0.1) is 25.9 Å². The number of anilines is 1. The molecule has 2 fully saturated rings. The second-order valence-electron chi connectivity index (χ2n) is 9.71. The Morgan fingerprint density at radius 3 is 2.82 bits per heavy atom. The molecule has 2 aliphatic rings. The quantitative estimate of drug-likeness (QED) is 0.459. The van der Waals surface area contributed by atoms with E-state index in [1.54, 1.807) is 19.2 Å². The van der Waals surface area contributed by atoms with E-state index in [9.17, 15) is 9.90 Å². The first-order valence-corrected chi connectivity index (χ1v) is 12.0. The van der Waals surface area contributed by atoms with E-state index in [0.29, 0.717) is 5.56 Å². The molecule has 5 rings (SSSR count). The number of aromatic nitrogens is 1. The standard InChI is InChI=1S/C27H33N3O4/c1-4-28-22-12-18(26(31)32)5-6-20(22)23-13-27(15-34-16-27)8-10-30(23)14-21-19-7-9-29-25(19)17(2)11-24(21)33-3/h5-7,9,11-12,23,28-29H,4,8,10,13-16H2,1-3H3,(H,31,32). The van der Waals surface area contributed by atoms with E-state index in [2.05, 4.69) is 34.3 Å². The number of carboxylic acids is 1. The number of likely N-dealkylation sites (tertiary alicyclic amines) is 1. The molecule has 0 aliphatic carbocycles. The van der Waals surface area contributed by atoms with Gasteiger partial charge in [-0.05, 0) is 68.6 Å². The third-order valence-corrected chi connectivity index (χ3v) is 7.53. The zero-order chi connectivity index (χ0) is 23.9. The Kier molecular flexibility index (Phi) is 6.00. The van der Waals surface area contributed by atoms with E-state index in [0.717, 1.165) is 68.2 Å². The van der Waals surface area contributed by atoms with Crippen LogP contribution in [-0.4, -0.2) is 54.4 Å². The van der Waals surface area contributed by atoms with Gasteiger partial charge in [-0.2, -0.15) is 0 Å². The maximum Gasteiger partial charge on any atom is 0.335 e. The van der Waals surface area contributed by atoms with Gasteiger partial charge in [-0.25, -0.2) is 4.79 Å². The van der Waals surface area contributed by atoms with Crippen LogP contribution in [0, 0.1) is 12.3 Å². The molecule has 1 unspecified atom stereocenters. The molecule has 1 spiro atoms. The Balaban J connectivity index is 1.56. The predicted molar refractivity (Wildman–Crippen MR) is 133 cm³/mol. The van der Waals surface area contributed by atoms with E-state index in [1.807, 2.05) is 19.2 Å². The van der Waals surface area contributed by atoms with Crippen molar-refractivity contribution in [3.63, 3.8) is 0 Å². The summed E-state index contributed by atoms with van der Waals surface area (Å²) in [5.74, 6) is -0.00180. The number of rotatable bonds is 7. The van der Waals surface area contributed by atoms with Crippen LogP contribution in [0.1, 0.15) is 52.9 Å². The van der Waals surface area contributed by atoms with Gasteiger partial charge < -0.3 is 24.9 Å². The Labute approximate surface area is 200 Å². The number of aryl methyl sites for hydroxylation is 1. The lowest BCUT2D eigenvalue weighted by Crippen LogP contribution is -2.51. The number of benzene rings is 2. The summed E-state index contributed by atoms with van der Waals surface area (Å²) in [5.41, 5.74) is 6.05. The number of hydrogen-bond donors (Lipinski definition) is 3. The Morgan fingerprint density at radius 1 is 1.32 bits per heavy atom. The predicted octanol–water partition coefficient (Wildman–Crippen LogP) is 4.97. The maximum absolute atomic E-state index is 11.6. The van der Waals surface area contributed by atoms with Crippen LogP contribution in [0.5, 0.6) is 5.75 Å². The van der Waals surface area contributed by atoms with Crippen molar-refractivity contribution < 1.29 is 19.4 Å². The van der Waals surface area contributed by atoms with Crippen LogP contribution < -0.4 is 10.1 Å². The normalized spacial score (nSPS) is 19.8. The molecule has 34 heavy (non-hydrogen) atoms. The van der Waals surface area contributed by atoms with Crippen molar-refractivity contribution >= 4 is 22.6 Å². The minimum Gasteiger partial charge on any atom is -0.496 e. The lowest BCUT2D eigenvalue weighted by molar-refractivity contribution is -0.153. The largest absolute Gasteiger partial charge is 0.496 e. The average Bonchev–Trinajstić information content (AvgIpc) is 3.31. The Morgan fingerprint density at radius 2 is 2.15 bits per heavy atom. The van der Waals surface area contributed by atoms with E-state index < -0.39 is 5.97 Å². The first kappa shape index (κ1) is 22.7. The number of piperidine rings is 1. The molecule has 0 bridgehead atoms. The monoisotopic (exact) mass is 463 g/mol. The molecule has 0 amide bonds. The number of aromatic amines is 1. The molecule has 1 atom stereocenters. The molecule has 2 aliphatic heterocycles. The van der Waals surface area contributed by atoms with Gasteiger partial charge in [-0.3, -0.25) is 4.90 Å². The lowest BCUT2D eigenvalue weighted by Gasteiger charge is -2.51. The summed E-state index contributed by atoms with van der Waals surface area (Å²) in [4.78, 5) is 17.5. The molecule has 7 heteroatoms. The molecule has 2 saturated heterocycles. The molecule has 0 radical (unpaired) electrons. The van der Waals surface area contributed by atoms with Crippen LogP contribution in [0.4, 0.5) is 5.69 Å². The highest BCUT2D eigenvalue weighted by Gasteiger charge is 2.46. The van der Waals surface area contributed by atoms with E-state index in [-0.39, 0.29) is 11.5 Å². The molecule has 0 saturated carbocycles. The van der Waals surface area contributed by atoms with Crippen LogP contribution in [0.25, 0.3) is 10.9 Å². The molecule has 3 N–H and O–H groups in total. The van der Waals surface area contributed by atoms with E-state index in [4.69, 9.17) is 9.47 Å². The minimum absolute atomic E-state index is 0.148. The van der Waals surface area contributed by atoms with Crippen molar-refractivity contribution in [2.45, 2.75) is 39.3 Å². The summed E-state index contributed by atoms with van der Waals surface area (Å²) in [5, 5.41) is 14.2. The third-order valence-electron chi connectivity index (χ3n) is 7.53. The van der Waals surface area contributed by atoms with Gasteiger partial charge >= 0.3 is 5.97 Å². The summed E-state index contributed by atoms with van der Waals surface area (Å²) in [6.45, 7) is 8.18. The van der Waals surface area contributed by atoms with Crippen LogP contribution in [0.2, 0.25) is 0 Å². The van der Waals surface area contributed by atoms with Crippen molar-refractivity contribution in [2.75, 3.05) is 38.7 Å². The highest BCUT2D eigenvalue weighted by molar-refractivity contribution is 5.89. The topological polar surface area (TPSA) is 86.8 Å². The van der Waals surface area contributed by atoms with Crippen LogP contribution >= 0.6 is 0 Å². The van der Waals surface area contributed by atoms with Crippen molar-refractivity contribution in [1.82, 2.24) is 9.88 Å². The lowest BCUT2D eigenvalue weighted by atomic mass is 9.72. The summed E-state index contributed by atoms with van der Waals surface area (Å²) in [6, 6.07) is 9.89.